The molecule has 2 saturated carbocycles. The van der Waals surface area contributed by atoms with E-state index in [0.29, 0.717) is 24.0 Å². The van der Waals surface area contributed by atoms with Gasteiger partial charge in [-0.05, 0) is 52.3 Å². The molecule has 20 heavy (non-hydrogen) atoms. The van der Waals surface area contributed by atoms with Crippen LogP contribution in [0.1, 0.15) is 48.6 Å². The van der Waals surface area contributed by atoms with Crippen LogP contribution in [0.4, 0.5) is 5.69 Å². The van der Waals surface area contributed by atoms with Crippen molar-refractivity contribution >= 4 is 11.6 Å². The van der Waals surface area contributed by atoms with Crippen molar-refractivity contribution in [2.24, 2.45) is 0 Å². The van der Waals surface area contributed by atoms with E-state index in [2.05, 4.69) is 24.3 Å². The van der Waals surface area contributed by atoms with Crippen molar-refractivity contribution in [3.63, 3.8) is 0 Å². The Labute approximate surface area is 120 Å². The zero-order valence-electron chi connectivity index (χ0n) is 12.4. The van der Waals surface area contributed by atoms with Gasteiger partial charge in [0.1, 0.15) is 5.69 Å². The molecule has 0 unspecified atom stereocenters. The Bertz CT molecular complexity index is 512. The van der Waals surface area contributed by atoms with Crippen LogP contribution in [0.5, 0.6) is 0 Å². The van der Waals surface area contributed by atoms with Gasteiger partial charge < -0.3 is 20.5 Å². The first-order valence-electron chi connectivity index (χ1n) is 7.45. The van der Waals surface area contributed by atoms with E-state index in [0.717, 1.165) is 25.7 Å². The van der Waals surface area contributed by atoms with Crippen LogP contribution in [0.3, 0.4) is 0 Å². The molecule has 5 nitrogen and oxygen atoms in total. The summed E-state index contributed by atoms with van der Waals surface area (Å²) in [5.74, 6) is 0.00160. The summed E-state index contributed by atoms with van der Waals surface area (Å²) < 4.78 is 2.04. The van der Waals surface area contributed by atoms with Crippen molar-refractivity contribution in [2.45, 2.75) is 43.7 Å². The second-order valence-corrected chi connectivity index (χ2v) is 6.45. The maximum atomic E-state index is 12.4. The van der Waals surface area contributed by atoms with Gasteiger partial charge in [-0.3, -0.25) is 4.79 Å². The number of amides is 1. The maximum Gasteiger partial charge on any atom is 0.268 e. The summed E-state index contributed by atoms with van der Waals surface area (Å²) in [6.07, 6.45) is 7.75. The second kappa shape index (κ2) is 4.81. The number of likely N-dealkylation sites (N-methyl/N-ethyl adjacent to an activating group) is 1. The molecule has 2 aliphatic carbocycles. The molecule has 1 heterocycles. The monoisotopic (exact) mass is 276 g/mol. The summed E-state index contributed by atoms with van der Waals surface area (Å²) in [5, 5.41) is 3.10. The minimum atomic E-state index is 0.00160. The first-order chi connectivity index (χ1) is 9.52. The molecule has 0 aromatic carbocycles. The normalized spacial score (nSPS) is 20.8. The maximum absolute atomic E-state index is 12.4. The molecule has 5 heteroatoms. The molecule has 1 aromatic heterocycles. The molecule has 0 atom stereocenters. The number of carbonyl (C=O) groups excluding carboxylic acids is 1. The highest BCUT2D eigenvalue weighted by Crippen LogP contribution is 2.37. The molecule has 2 aliphatic rings. The third-order valence-corrected chi connectivity index (χ3v) is 4.85. The highest BCUT2D eigenvalue weighted by atomic mass is 16.2. The predicted molar refractivity (Wildman–Crippen MR) is 79.7 cm³/mol. The predicted octanol–water partition coefficient (Wildman–Crippen LogP) is 1.62. The number of nitrogens with zero attached hydrogens (tertiary/aromatic N) is 2. The van der Waals surface area contributed by atoms with Crippen molar-refractivity contribution in [3.8, 4) is 0 Å². The molecule has 110 valence electrons. The molecule has 1 aromatic rings. The number of rotatable bonds is 5. The third-order valence-electron chi connectivity index (χ3n) is 4.85. The highest BCUT2D eigenvalue weighted by molar-refractivity contribution is 5.94. The molecular weight excluding hydrogens is 252 g/mol. The van der Waals surface area contributed by atoms with E-state index in [4.69, 9.17) is 5.73 Å². The van der Waals surface area contributed by atoms with Gasteiger partial charge in [0, 0.05) is 24.3 Å². The number of carbonyl (C=O) groups is 1. The van der Waals surface area contributed by atoms with E-state index in [1.54, 1.807) is 6.07 Å². The lowest BCUT2D eigenvalue weighted by atomic mass is 9.75. The van der Waals surface area contributed by atoms with Gasteiger partial charge in [-0.25, -0.2) is 0 Å². The van der Waals surface area contributed by atoms with E-state index in [-0.39, 0.29) is 11.4 Å². The van der Waals surface area contributed by atoms with Crippen LogP contribution in [-0.4, -0.2) is 41.6 Å². The summed E-state index contributed by atoms with van der Waals surface area (Å²) in [7, 11) is 4.19. The van der Waals surface area contributed by atoms with E-state index in [1.165, 1.54) is 6.42 Å². The number of aromatic nitrogens is 1. The topological polar surface area (TPSA) is 63.3 Å². The van der Waals surface area contributed by atoms with Gasteiger partial charge in [-0.2, -0.15) is 0 Å². The molecule has 0 spiro atoms. The second-order valence-electron chi connectivity index (χ2n) is 6.45. The molecule has 0 radical (unpaired) electrons. The molecule has 0 saturated heterocycles. The zero-order valence-corrected chi connectivity index (χ0v) is 12.4. The Morgan fingerprint density at radius 2 is 2.20 bits per heavy atom. The highest BCUT2D eigenvalue weighted by Gasteiger charge is 2.39. The first-order valence-corrected chi connectivity index (χ1v) is 7.45. The van der Waals surface area contributed by atoms with E-state index < -0.39 is 0 Å². The Morgan fingerprint density at radius 3 is 2.70 bits per heavy atom. The fourth-order valence-corrected chi connectivity index (χ4v) is 3.04. The van der Waals surface area contributed by atoms with Gasteiger partial charge in [-0.15, -0.1) is 0 Å². The van der Waals surface area contributed by atoms with E-state index in [1.807, 2.05) is 10.8 Å². The minimum absolute atomic E-state index is 0.00160. The van der Waals surface area contributed by atoms with Crippen LogP contribution in [0, 0.1) is 0 Å². The van der Waals surface area contributed by atoms with Crippen LogP contribution < -0.4 is 11.1 Å². The molecule has 3 N–H and O–H groups in total. The van der Waals surface area contributed by atoms with Crippen LogP contribution in [0.2, 0.25) is 0 Å². The van der Waals surface area contributed by atoms with Crippen LogP contribution in [-0.2, 0) is 0 Å². The van der Waals surface area contributed by atoms with Crippen molar-refractivity contribution in [1.29, 1.82) is 0 Å². The first kappa shape index (κ1) is 13.5. The average molecular weight is 276 g/mol. The number of nitrogens with one attached hydrogen (secondary N) is 1. The Hall–Kier alpha value is -1.49. The SMILES string of the molecule is CN(C)C1(CNC(=O)c2cc(N)cn2C2CC2)CCC1. The molecule has 2 fully saturated rings. The van der Waals surface area contributed by atoms with Gasteiger partial charge >= 0.3 is 0 Å². The zero-order chi connectivity index (χ0) is 14.3. The summed E-state index contributed by atoms with van der Waals surface area (Å²) in [5.41, 5.74) is 7.37. The number of hydrogen-bond acceptors (Lipinski definition) is 3. The Kier molecular flexibility index (Phi) is 3.24. The van der Waals surface area contributed by atoms with Gasteiger partial charge in [0.05, 0.1) is 5.69 Å². The third kappa shape index (κ3) is 2.30. The van der Waals surface area contributed by atoms with Gasteiger partial charge in [0.15, 0.2) is 0 Å². The standard InChI is InChI=1S/C15H24N4O/c1-18(2)15(6-3-7-15)10-17-14(20)13-8-11(16)9-19(13)12-4-5-12/h8-9,12H,3-7,10,16H2,1-2H3,(H,17,20). The van der Waals surface area contributed by atoms with Crippen molar-refractivity contribution in [2.75, 3.05) is 26.4 Å². The van der Waals surface area contributed by atoms with Gasteiger partial charge in [-0.1, -0.05) is 0 Å². The largest absolute Gasteiger partial charge is 0.397 e. The fourth-order valence-electron chi connectivity index (χ4n) is 3.04. The van der Waals surface area contributed by atoms with Gasteiger partial charge in [0.25, 0.3) is 5.91 Å². The lowest BCUT2D eigenvalue weighted by Crippen LogP contribution is -2.57. The summed E-state index contributed by atoms with van der Waals surface area (Å²) in [4.78, 5) is 14.7. The molecule has 0 aliphatic heterocycles. The van der Waals surface area contributed by atoms with Crippen molar-refractivity contribution in [3.05, 3.63) is 18.0 Å². The molecule has 3 rings (SSSR count). The van der Waals surface area contributed by atoms with Crippen LogP contribution in [0.25, 0.3) is 0 Å². The lowest BCUT2D eigenvalue weighted by Gasteiger charge is -2.47. The van der Waals surface area contributed by atoms with E-state index >= 15 is 0 Å². The number of nitrogens with two attached hydrogens (primary N) is 1. The Balaban J connectivity index is 1.67. The molecule has 1 amide bonds. The van der Waals surface area contributed by atoms with Crippen molar-refractivity contribution in [1.82, 2.24) is 14.8 Å². The lowest BCUT2D eigenvalue weighted by molar-refractivity contribution is 0.0555. The molecular formula is C15H24N4O. The van der Waals surface area contributed by atoms with Crippen molar-refractivity contribution < 1.29 is 4.79 Å². The quantitative estimate of drug-likeness (QED) is 0.859. The number of hydrogen-bond donors (Lipinski definition) is 2. The summed E-state index contributed by atoms with van der Waals surface area (Å²) in [6, 6.07) is 2.26. The van der Waals surface area contributed by atoms with Gasteiger partial charge in [0.2, 0.25) is 0 Å². The fraction of sp³-hybridized carbons (Fsp3) is 0.667. The molecule has 0 bridgehead atoms. The summed E-state index contributed by atoms with van der Waals surface area (Å²) >= 11 is 0. The Morgan fingerprint density at radius 1 is 1.50 bits per heavy atom. The minimum Gasteiger partial charge on any atom is -0.397 e. The smallest absolute Gasteiger partial charge is 0.268 e. The summed E-state index contributed by atoms with van der Waals surface area (Å²) in [6.45, 7) is 0.717. The van der Waals surface area contributed by atoms with Crippen LogP contribution in [0.15, 0.2) is 12.3 Å². The average Bonchev–Trinajstić information content (AvgIpc) is 3.10. The number of anilines is 1. The number of nitrogen functional groups attached to an aromatic ring is 1. The van der Waals surface area contributed by atoms with Crippen LogP contribution >= 0.6 is 0 Å². The van der Waals surface area contributed by atoms with E-state index in [9.17, 15) is 4.79 Å².